The maximum atomic E-state index is 15.4. The summed E-state index contributed by atoms with van der Waals surface area (Å²) in [6, 6.07) is 29.3. The average molecular weight is 763 g/mol. The number of hydrogen-bond acceptors (Lipinski definition) is 2. The van der Waals surface area contributed by atoms with Gasteiger partial charge in [0, 0.05) is 0 Å². The number of benzene rings is 4. The maximum absolute atomic E-state index is 15.4. The van der Waals surface area contributed by atoms with Gasteiger partial charge in [0.1, 0.15) is 0 Å². The van der Waals surface area contributed by atoms with Crippen molar-refractivity contribution in [3.05, 3.63) is 119 Å². The normalized spacial score (nSPS) is 18.3. The van der Waals surface area contributed by atoms with Gasteiger partial charge in [-0.3, -0.25) is 0 Å². The first-order valence-corrected chi connectivity index (χ1v) is 29.3. The van der Waals surface area contributed by atoms with E-state index in [1.807, 2.05) is 0 Å². The molecule has 0 radical (unpaired) electrons. The van der Waals surface area contributed by atoms with Crippen LogP contribution in [0.5, 0.6) is 5.75 Å². The van der Waals surface area contributed by atoms with Gasteiger partial charge in [-0.15, -0.1) is 0 Å². The molecular weight excluding hydrogens is 712 g/mol. The van der Waals surface area contributed by atoms with Gasteiger partial charge in [-0.1, -0.05) is 0 Å². The van der Waals surface area contributed by atoms with Crippen molar-refractivity contribution >= 4 is 28.7 Å². The van der Waals surface area contributed by atoms with Crippen LogP contribution in [0.3, 0.4) is 0 Å². The van der Waals surface area contributed by atoms with Crippen molar-refractivity contribution in [2.24, 2.45) is 0 Å². The molecule has 7 heteroatoms. The first-order chi connectivity index (χ1) is 24.0. The van der Waals surface area contributed by atoms with Gasteiger partial charge in [-0.05, 0) is 0 Å². The monoisotopic (exact) mass is 761 g/mol. The van der Waals surface area contributed by atoms with Crippen LogP contribution in [0.15, 0.2) is 90.5 Å². The zero-order chi connectivity index (χ0) is 35.3. The van der Waals surface area contributed by atoms with Gasteiger partial charge in [0.25, 0.3) is 0 Å². The Morgan fingerprint density at radius 2 is 1.44 bits per heavy atom. The first kappa shape index (κ1) is 36.2. The molecule has 1 saturated heterocycles. The molecule has 7 rings (SSSR count). The molecular formula is C43H50Cl2FNOSiTi. The second-order valence-corrected chi connectivity index (χ2v) is 39.1. The molecule has 0 spiro atoms. The Balaban J connectivity index is 1.39. The van der Waals surface area contributed by atoms with E-state index < -0.39 is 18.5 Å². The number of rotatable bonds is 11. The van der Waals surface area contributed by atoms with Gasteiger partial charge in [0.05, 0.1) is 0 Å². The van der Waals surface area contributed by atoms with E-state index in [1.54, 1.807) is 12.1 Å². The van der Waals surface area contributed by atoms with E-state index in [4.69, 9.17) is 21.9 Å². The van der Waals surface area contributed by atoms with Crippen molar-refractivity contribution < 1.29 is 20.0 Å². The molecule has 1 unspecified atom stereocenters. The van der Waals surface area contributed by atoms with Crippen LogP contribution in [-0.4, -0.2) is 24.2 Å². The molecule has 1 fully saturated rings. The standard InChI is InChI=1S/C27H29FO.C14H16N.C2H6Si.2ClH.Ti/c1-3-5-15-27(16-6-4-2)24-10-8-7-9-21(24)22-13-11-19(17-25(22)27)23-18-20(28)12-14-26(23)29;1-11-10-12-6-2-3-7-13(12)14(11)15-8-4-5-9-15;1-3-2;;;/h7-14,17-18,29H,3-6,15-16H2,1-2H3;2-3,6-7,14H,4-5,8-9H2,1H3;1-2H3;2*1H;/q;;;;;+3/p-3. The van der Waals surface area contributed by atoms with Crippen molar-refractivity contribution in [2.45, 2.75) is 96.7 Å². The molecule has 262 valence electrons. The number of halogens is 3. The third-order valence-corrected chi connectivity index (χ3v) is 37.5. The van der Waals surface area contributed by atoms with Crippen LogP contribution in [0.25, 0.3) is 26.1 Å². The van der Waals surface area contributed by atoms with E-state index in [-0.39, 0.29) is 17.3 Å². The molecule has 1 atom stereocenters. The number of hydrogen-bond donors (Lipinski definition) is 0. The van der Waals surface area contributed by atoms with Crippen LogP contribution in [0.1, 0.15) is 100 Å². The molecule has 1 aliphatic heterocycles. The number of nitrogens with zero attached hydrogens (tertiary/aromatic N) is 1. The molecule has 0 aromatic heterocycles. The van der Waals surface area contributed by atoms with Crippen molar-refractivity contribution in [3.8, 4) is 28.0 Å². The molecule has 2 nitrogen and oxygen atoms in total. The molecule has 0 amide bonds. The summed E-state index contributed by atoms with van der Waals surface area (Å²) in [5.74, 6) is 0.274. The van der Waals surface area contributed by atoms with Gasteiger partial charge in [0.15, 0.2) is 0 Å². The van der Waals surface area contributed by atoms with E-state index in [0.29, 0.717) is 11.3 Å². The molecule has 50 heavy (non-hydrogen) atoms. The molecule has 0 saturated carbocycles. The van der Waals surface area contributed by atoms with E-state index in [9.17, 15) is 0 Å². The van der Waals surface area contributed by atoms with Crippen molar-refractivity contribution in [3.63, 3.8) is 0 Å². The number of fused-ring (bicyclic) bond motifs is 4. The second-order valence-electron chi connectivity index (χ2n) is 15.1. The summed E-state index contributed by atoms with van der Waals surface area (Å²) >= 11 is -5.04. The van der Waals surface area contributed by atoms with Crippen LogP contribution < -0.4 is 3.32 Å². The quantitative estimate of drug-likeness (QED) is 0.141. The minimum atomic E-state index is -5.04. The van der Waals surface area contributed by atoms with E-state index in [1.165, 1.54) is 52.3 Å². The van der Waals surface area contributed by atoms with Crippen molar-refractivity contribution in [1.29, 1.82) is 0 Å². The van der Waals surface area contributed by atoms with Crippen LogP contribution in [0.2, 0.25) is 13.1 Å². The molecule has 0 N–H and O–H groups in total. The Morgan fingerprint density at radius 3 is 2.12 bits per heavy atom. The minimum absolute atomic E-state index is 0.0760. The predicted molar refractivity (Wildman–Crippen MR) is 210 cm³/mol. The molecule has 3 aliphatic rings. The third kappa shape index (κ3) is 5.91. The fraction of sp³-hybridized carbons (Fsp3) is 0.395. The zero-order valence-corrected chi connectivity index (χ0v) is 34.3. The summed E-state index contributed by atoms with van der Waals surface area (Å²) in [6.07, 6.45) is 7.74. The average Bonchev–Trinajstić information content (AvgIpc) is 3.81. The number of unbranched alkanes of at least 4 members (excludes halogenated alkanes) is 2. The molecule has 1 heterocycles. The first-order valence-electron chi connectivity index (χ1n) is 18.7. The Bertz CT molecular complexity index is 2050. The Hall–Kier alpha value is -2.18. The summed E-state index contributed by atoms with van der Waals surface area (Å²) in [5.41, 5.74) is 10.6. The van der Waals surface area contributed by atoms with E-state index >= 15 is 4.39 Å². The van der Waals surface area contributed by atoms with Crippen LogP contribution in [0.4, 0.5) is 4.39 Å². The Morgan fingerprint density at radius 1 is 0.800 bits per heavy atom. The van der Waals surface area contributed by atoms with E-state index in [2.05, 4.69) is 105 Å². The summed E-state index contributed by atoms with van der Waals surface area (Å²) in [5, 5.41) is 0. The van der Waals surface area contributed by atoms with Gasteiger partial charge >= 0.3 is 310 Å². The molecule has 4 aromatic rings. The van der Waals surface area contributed by atoms with Crippen LogP contribution >= 0.6 is 18.6 Å². The summed E-state index contributed by atoms with van der Waals surface area (Å²) < 4.78 is 23.7. The van der Waals surface area contributed by atoms with Gasteiger partial charge in [-0.2, -0.15) is 0 Å². The SMILES string of the molecule is CCCCC1(CCCC)c2ccccc2-c2ccc(-c3cc(F)ccc3[O][Ti]([Cl])([Cl])([C]3=C(C)C(N4CCCC4)c4ccccc43)=[Si](C)C)cc21. The fourth-order valence-corrected chi connectivity index (χ4v) is 21.1. The third-order valence-electron chi connectivity index (χ3n) is 11.8. The van der Waals surface area contributed by atoms with Crippen molar-refractivity contribution in [1.82, 2.24) is 4.90 Å². The molecule has 2 aliphatic carbocycles. The predicted octanol–water partition coefficient (Wildman–Crippen LogP) is 13.3. The molecule has 4 aromatic carbocycles. The topological polar surface area (TPSA) is 12.5 Å². The second kappa shape index (κ2) is 14.0. The van der Waals surface area contributed by atoms with E-state index in [0.717, 1.165) is 66.6 Å². The number of likely N-dealkylation sites (tertiary alicyclic amines) is 1. The summed E-state index contributed by atoms with van der Waals surface area (Å²) in [4.78, 5) is 2.58. The summed E-state index contributed by atoms with van der Waals surface area (Å²) in [6.45, 7) is 13.3. The zero-order valence-electron chi connectivity index (χ0n) is 30.2. The summed E-state index contributed by atoms with van der Waals surface area (Å²) in [7, 11) is 16.2. The fourth-order valence-electron chi connectivity index (χ4n) is 9.22. The van der Waals surface area contributed by atoms with Crippen molar-refractivity contribution in [2.75, 3.05) is 13.1 Å². The molecule has 0 bridgehead atoms. The van der Waals surface area contributed by atoms with Gasteiger partial charge in [-0.25, -0.2) is 0 Å². The van der Waals surface area contributed by atoms with Gasteiger partial charge < -0.3 is 0 Å². The Kier molecular flexibility index (Phi) is 10.1. The van der Waals surface area contributed by atoms with Crippen LogP contribution in [0, 0.1) is 5.82 Å². The van der Waals surface area contributed by atoms with Gasteiger partial charge in [0.2, 0.25) is 0 Å². The van der Waals surface area contributed by atoms with Crippen LogP contribution in [-0.2, 0) is 17.7 Å². The Labute approximate surface area is 308 Å².